The topological polar surface area (TPSA) is 47.4 Å². The van der Waals surface area contributed by atoms with E-state index in [4.69, 9.17) is 4.74 Å². The largest absolute Gasteiger partial charge is 0.378 e. The van der Waals surface area contributed by atoms with E-state index in [2.05, 4.69) is 5.10 Å². The number of hydrogen-bond donors (Lipinski definition) is 0. The fourth-order valence-corrected chi connectivity index (χ4v) is 3.20. The Hall–Kier alpha value is -2.99. The van der Waals surface area contributed by atoms with Gasteiger partial charge in [0.2, 0.25) is 0 Å². The van der Waals surface area contributed by atoms with E-state index in [0.717, 1.165) is 11.1 Å². The molecular formula is C21H20FN3O2. The lowest BCUT2D eigenvalue weighted by atomic mass is 10.0. The highest BCUT2D eigenvalue weighted by molar-refractivity contribution is 6.00. The SMILES string of the molecule is Cc1cccc(-c2nn(-c3ccc(F)cc3)cc2C(=O)N2CCOCC2)c1. The second kappa shape index (κ2) is 7.32. The van der Waals surface area contributed by atoms with Gasteiger partial charge < -0.3 is 9.64 Å². The minimum absolute atomic E-state index is 0.0665. The number of rotatable bonds is 3. The van der Waals surface area contributed by atoms with Crippen molar-refractivity contribution in [2.75, 3.05) is 26.3 Å². The van der Waals surface area contributed by atoms with Gasteiger partial charge in [0.15, 0.2) is 0 Å². The summed E-state index contributed by atoms with van der Waals surface area (Å²) in [5.74, 6) is -0.377. The summed E-state index contributed by atoms with van der Waals surface area (Å²) in [6.45, 7) is 4.21. The van der Waals surface area contributed by atoms with Gasteiger partial charge in [-0.3, -0.25) is 4.79 Å². The number of hydrogen-bond acceptors (Lipinski definition) is 3. The van der Waals surface area contributed by atoms with Crippen LogP contribution in [0.2, 0.25) is 0 Å². The van der Waals surface area contributed by atoms with E-state index in [-0.39, 0.29) is 11.7 Å². The third kappa shape index (κ3) is 3.61. The Morgan fingerprint density at radius 2 is 1.85 bits per heavy atom. The molecule has 0 radical (unpaired) electrons. The number of morpholine rings is 1. The molecule has 1 saturated heterocycles. The van der Waals surface area contributed by atoms with Gasteiger partial charge in [0.05, 0.1) is 24.5 Å². The molecule has 5 nitrogen and oxygen atoms in total. The van der Waals surface area contributed by atoms with E-state index in [1.54, 1.807) is 27.9 Å². The summed E-state index contributed by atoms with van der Waals surface area (Å²) < 4.78 is 20.2. The van der Waals surface area contributed by atoms with Crippen LogP contribution in [0.4, 0.5) is 4.39 Å². The summed E-state index contributed by atoms with van der Waals surface area (Å²) >= 11 is 0. The quantitative estimate of drug-likeness (QED) is 0.714. The lowest BCUT2D eigenvalue weighted by molar-refractivity contribution is 0.0303. The van der Waals surface area contributed by atoms with Crippen LogP contribution in [0.5, 0.6) is 0 Å². The molecule has 0 N–H and O–H groups in total. The monoisotopic (exact) mass is 365 g/mol. The minimum Gasteiger partial charge on any atom is -0.378 e. The van der Waals surface area contributed by atoms with Gasteiger partial charge >= 0.3 is 0 Å². The normalized spacial score (nSPS) is 14.4. The fraction of sp³-hybridized carbons (Fsp3) is 0.238. The molecule has 0 saturated carbocycles. The van der Waals surface area contributed by atoms with Gasteiger partial charge in [-0.05, 0) is 37.3 Å². The summed E-state index contributed by atoms with van der Waals surface area (Å²) in [6, 6.07) is 14.0. The van der Waals surface area contributed by atoms with Gasteiger partial charge in [-0.15, -0.1) is 0 Å². The predicted molar refractivity (Wildman–Crippen MR) is 100 cm³/mol. The molecule has 4 rings (SSSR count). The summed E-state index contributed by atoms with van der Waals surface area (Å²) in [4.78, 5) is 14.9. The lowest BCUT2D eigenvalue weighted by Gasteiger charge is -2.26. The third-order valence-corrected chi connectivity index (χ3v) is 4.63. The summed E-state index contributed by atoms with van der Waals surface area (Å²) in [5, 5.41) is 4.65. The Balaban J connectivity index is 1.79. The van der Waals surface area contributed by atoms with Crippen molar-refractivity contribution in [2.45, 2.75) is 6.92 Å². The lowest BCUT2D eigenvalue weighted by Crippen LogP contribution is -2.40. The molecule has 1 aliphatic rings. The van der Waals surface area contributed by atoms with Crippen molar-refractivity contribution in [1.29, 1.82) is 0 Å². The van der Waals surface area contributed by atoms with E-state index in [0.29, 0.717) is 43.2 Å². The standard InChI is InChI=1S/C21H20FN3O2/c1-15-3-2-4-16(13-15)20-19(21(26)24-9-11-27-12-10-24)14-25(23-20)18-7-5-17(22)6-8-18/h2-8,13-14H,9-12H2,1H3. The highest BCUT2D eigenvalue weighted by Crippen LogP contribution is 2.26. The fourth-order valence-electron chi connectivity index (χ4n) is 3.20. The number of aryl methyl sites for hydroxylation is 1. The molecule has 1 fully saturated rings. The molecule has 1 aliphatic heterocycles. The molecule has 27 heavy (non-hydrogen) atoms. The highest BCUT2D eigenvalue weighted by Gasteiger charge is 2.25. The van der Waals surface area contributed by atoms with Crippen molar-refractivity contribution in [2.24, 2.45) is 0 Å². The van der Waals surface area contributed by atoms with E-state index >= 15 is 0 Å². The van der Waals surface area contributed by atoms with Crippen LogP contribution in [0.25, 0.3) is 16.9 Å². The summed E-state index contributed by atoms with van der Waals surface area (Å²) in [7, 11) is 0. The number of carbonyl (C=O) groups is 1. The Kier molecular flexibility index (Phi) is 4.73. The molecule has 0 spiro atoms. The van der Waals surface area contributed by atoms with Crippen LogP contribution in [-0.4, -0.2) is 46.9 Å². The molecule has 0 unspecified atom stereocenters. The average molecular weight is 365 g/mol. The Morgan fingerprint density at radius 3 is 2.56 bits per heavy atom. The minimum atomic E-state index is -0.311. The molecule has 138 valence electrons. The van der Waals surface area contributed by atoms with Crippen LogP contribution >= 0.6 is 0 Å². The average Bonchev–Trinajstić information content (AvgIpc) is 3.14. The number of halogens is 1. The first kappa shape index (κ1) is 17.4. The van der Waals surface area contributed by atoms with E-state index in [1.165, 1.54) is 12.1 Å². The third-order valence-electron chi connectivity index (χ3n) is 4.63. The van der Waals surface area contributed by atoms with Gasteiger partial charge in [-0.2, -0.15) is 5.10 Å². The second-order valence-corrected chi connectivity index (χ2v) is 6.59. The van der Waals surface area contributed by atoms with Gasteiger partial charge in [-0.1, -0.05) is 23.8 Å². The maximum Gasteiger partial charge on any atom is 0.257 e. The van der Waals surface area contributed by atoms with Crippen molar-refractivity contribution in [3.05, 3.63) is 71.7 Å². The first-order valence-corrected chi connectivity index (χ1v) is 8.91. The van der Waals surface area contributed by atoms with Gasteiger partial charge in [0.25, 0.3) is 5.91 Å². The molecule has 0 bridgehead atoms. The van der Waals surface area contributed by atoms with E-state index in [1.807, 2.05) is 31.2 Å². The number of nitrogens with zero attached hydrogens (tertiary/aromatic N) is 3. The maximum absolute atomic E-state index is 13.3. The molecule has 1 aromatic heterocycles. The zero-order chi connectivity index (χ0) is 18.8. The summed E-state index contributed by atoms with van der Waals surface area (Å²) in [5.41, 5.74) is 3.83. The van der Waals surface area contributed by atoms with E-state index < -0.39 is 0 Å². The zero-order valence-corrected chi connectivity index (χ0v) is 15.1. The van der Waals surface area contributed by atoms with Crippen molar-refractivity contribution < 1.29 is 13.9 Å². The van der Waals surface area contributed by atoms with Crippen LogP contribution < -0.4 is 0 Å². The summed E-state index contributed by atoms with van der Waals surface area (Å²) in [6.07, 6.45) is 1.72. The molecule has 3 aromatic rings. The van der Waals surface area contributed by atoms with Crippen molar-refractivity contribution in [3.63, 3.8) is 0 Å². The number of carbonyl (C=O) groups excluding carboxylic acids is 1. The first-order chi connectivity index (χ1) is 13.1. The smallest absolute Gasteiger partial charge is 0.257 e. The van der Waals surface area contributed by atoms with Gasteiger partial charge in [0, 0.05) is 24.8 Å². The Labute approximate surface area is 157 Å². The van der Waals surface area contributed by atoms with Crippen LogP contribution in [0.1, 0.15) is 15.9 Å². The Bertz CT molecular complexity index is 960. The maximum atomic E-state index is 13.3. The molecular weight excluding hydrogens is 345 g/mol. The second-order valence-electron chi connectivity index (χ2n) is 6.59. The van der Waals surface area contributed by atoms with E-state index in [9.17, 15) is 9.18 Å². The number of benzene rings is 2. The van der Waals surface area contributed by atoms with Crippen molar-refractivity contribution in [3.8, 4) is 16.9 Å². The van der Waals surface area contributed by atoms with Gasteiger partial charge in [0.1, 0.15) is 11.5 Å². The number of aromatic nitrogens is 2. The molecule has 6 heteroatoms. The van der Waals surface area contributed by atoms with Crippen LogP contribution in [0.15, 0.2) is 54.7 Å². The van der Waals surface area contributed by atoms with Crippen molar-refractivity contribution in [1.82, 2.24) is 14.7 Å². The molecule has 2 aromatic carbocycles. The van der Waals surface area contributed by atoms with Crippen LogP contribution in [-0.2, 0) is 4.74 Å². The zero-order valence-electron chi connectivity index (χ0n) is 15.1. The number of amides is 1. The first-order valence-electron chi connectivity index (χ1n) is 8.91. The Morgan fingerprint density at radius 1 is 1.11 bits per heavy atom. The molecule has 0 aliphatic carbocycles. The number of ether oxygens (including phenoxy) is 1. The van der Waals surface area contributed by atoms with Crippen LogP contribution in [0.3, 0.4) is 0 Å². The predicted octanol–water partition coefficient (Wildman–Crippen LogP) is 3.46. The highest BCUT2D eigenvalue weighted by atomic mass is 19.1. The molecule has 2 heterocycles. The van der Waals surface area contributed by atoms with Crippen molar-refractivity contribution >= 4 is 5.91 Å². The molecule has 1 amide bonds. The van der Waals surface area contributed by atoms with Crippen LogP contribution in [0, 0.1) is 12.7 Å². The molecule has 0 atom stereocenters. The van der Waals surface area contributed by atoms with Gasteiger partial charge in [-0.25, -0.2) is 9.07 Å².